The van der Waals surface area contributed by atoms with E-state index in [1.165, 1.54) is 23.1 Å². The Balaban J connectivity index is 1.35. The third-order valence-corrected chi connectivity index (χ3v) is 6.06. The Morgan fingerprint density at radius 1 is 1.00 bits per heavy atom. The number of ether oxygens (including phenoxy) is 1. The second-order valence-electron chi connectivity index (χ2n) is 7.90. The van der Waals surface area contributed by atoms with Gasteiger partial charge in [0, 0.05) is 25.5 Å². The maximum atomic E-state index is 12.7. The van der Waals surface area contributed by atoms with E-state index in [1.54, 1.807) is 0 Å². The van der Waals surface area contributed by atoms with Gasteiger partial charge < -0.3 is 10.1 Å². The molecule has 3 nitrogen and oxygen atoms in total. The van der Waals surface area contributed by atoms with Crippen LogP contribution in [0.3, 0.4) is 0 Å². The number of aryl methyl sites for hydroxylation is 1. The van der Waals surface area contributed by atoms with Gasteiger partial charge in [0.2, 0.25) is 5.91 Å². The predicted molar refractivity (Wildman–Crippen MR) is 108 cm³/mol. The zero-order valence-electron chi connectivity index (χ0n) is 15.9. The van der Waals surface area contributed by atoms with Crippen LogP contribution in [0.4, 0.5) is 0 Å². The molecular formula is C24H29NO2. The van der Waals surface area contributed by atoms with E-state index in [0.29, 0.717) is 24.8 Å². The Labute approximate surface area is 162 Å². The van der Waals surface area contributed by atoms with Crippen LogP contribution in [-0.4, -0.2) is 19.1 Å². The number of hydrogen-bond acceptors (Lipinski definition) is 2. The Kier molecular flexibility index (Phi) is 5.88. The van der Waals surface area contributed by atoms with Crippen molar-refractivity contribution in [2.24, 2.45) is 5.92 Å². The van der Waals surface area contributed by atoms with Crippen LogP contribution in [0.15, 0.2) is 54.6 Å². The number of rotatable bonds is 5. The summed E-state index contributed by atoms with van der Waals surface area (Å²) < 4.78 is 6.05. The van der Waals surface area contributed by atoms with E-state index >= 15 is 0 Å². The maximum Gasteiger partial charge on any atom is 0.220 e. The number of amides is 1. The van der Waals surface area contributed by atoms with Crippen LogP contribution in [-0.2, 0) is 16.0 Å². The average Bonchev–Trinajstić information content (AvgIpc) is 2.73. The fourth-order valence-corrected chi connectivity index (χ4v) is 4.67. The first-order valence-corrected chi connectivity index (χ1v) is 10.3. The summed E-state index contributed by atoms with van der Waals surface area (Å²) in [7, 11) is 0. The largest absolute Gasteiger partial charge is 0.373 e. The van der Waals surface area contributed by atoms with E-state index in [-0.39, 0.29) is 12.0 Å². The lowest BCUT2D eigenvalue weighted by molar-refractivity contribution is -0.122. The number of carbonyl (C=O) groups is 1. The monoisotopic (exact) mass is 363 g/mol. The fraction of sp³-hybridized carbons (Fsp3) is 0.458. The molecule has 0 spiro atoms. The Bertz CT molecular complexity index is 758. The van der Waals surface area contributed by atoms with Gasteiger partial charge in [-0.1, -0.05) is 54.6 Å². The average molecular weight is 364 g/mol. The van der Waals surface area contributed by atoms with Crippen LogP contribution in [0.25, 0.3) is 0 Å². The number of fused-ring (bicyclic) bond motifs is 1. The molecular weight excluding hydrogens is 334 g/mol. The highest BCUT2D eigenvalue weighted by Crippen LogP contribution is 2.35. The van der Waals surface area contributed by atoms with Crippen molar-refractivity contribution in [3.8, 4) is 0 Å². The lowest BCUT2D eigenvalue weighted by atomic mass is 9.81. The third kappa shape index (κ3) is 4.41. The van der Waals surface area contributed by atoms with Crippen molar-refractivity contribution in [1.82, 2.24) is 5.32 Å². The normalized spacial score (nSPS) is 24.8. The van der Waals surface area contributed by atoms with Gasteiger partial charge in [0.15, 0.2) is 0 Å². The summed E-state index contributed by atoms with van der Waals surface area (Å²) in [6.45, 7) is 1.51. The van der Waals surface area contributed by atoms with Gasteiger partial charge in [0.1, 0.15) is 0 Å². The highest BCUT2D eigenvalue weighted by molar-refractivity contribution is 5.77. The minimum atomic E-state index is 0.0932. The van der Waals surface area contributed by atoms with Crippen molar-refractivity contribution in [1.29, 1.82) is 0 Å². The molecule has 1 aliphatic heterocycles. The molecule has 2 aliphatic rings. The van der Waals surface area contributed by atoms with Crippen LogP contribution < -0.4 is 5.32 Å². The highest BCUT2D eigenvalue weighted by atomic mass is 16.5. The van der Waals surface area contributed by atoms with Crippen LogP contribution in [0, 0.1) is 5.92 Å². The summed E-state index contributed by atoms with van der Waals surface area (Å²) in [5.41, 5.74) is 4.02. The minimum Gasteiger partial charge on any atom is -0.373 e. The van der Waals surface area contributed by atoms with Crippen LogP contribution >= 0.6 is 0 Å². The van der Waals surface area contributed by atoms with E-state index in [1.807, 2.05) is 6.07 Å². The molecule has 3 atom stereocenters. The first-order valence-electron chi connectivity index (χ1n) is 10.3. The number of carbonyl (C=O) groups excluding carboxylic acids is 1. The lowest BCUT2D eigenvalue weighted by Crippen LogP contribution is -2.35. The van der Waals surface area contributed by atoms with Gasteiger partial charge in [0.25, 0.3) is 0 Å². The number of hydrogen-bond donors (Lipinski definition) is 1. The van der Waals surface area contributed by atoms with E-state index in [2.05, 4.69) is 53.8 Å². The lowest BCUT2D eigenvalue weighted by Gasteiger charge is -2.32. The molecule has 1 aliphatic carbocycles. The fourth-order valence-electron chi connectivity index (χ4n) is 4.67. The zero-order valence-corrected chi connectivity index (χ0v) is 15.9. The Hall–Kier alpha value is -2.13. The molecule has 1 N–H and O–H groups in total. The number of benzene rings is 2. The van der Waals surface area contributed by atoms with Crippen LogP contribution in [0.2, 0.25) is 0 Å². The van der Waals surface area contributed by atoms with E-state index in [0.717, 1.165) is 32.3 Å². The molecule has 1 amide bonds. The Morgan fingerprint density at radius 3 is 2.70 bits per heavy atom. The molecule has 1 saturated heterocycles. The standard InChI is InChI=1S/C24H29NO2/c26-23(16-20-12-6-11-18-8-4-5-14-22(18)20)25-17-21-13-7-15-27-24(21)19-9-2-1-3-10-19/h1-5,8-10,14,20-21,24H,6-7,11-13,15-17H2,(H,25,26). The quantitative estimate of drug-likeness (QED) is 0.830. The van der Waals surface area contributed by atoms with E-state index in [9.17, 15) is 4.79 Å². The second kappa shape index (κ2) is 8.71. The molecule has 2 aromatic rings. The molecule has 142 valence electrons. The van der Waals surface area contributed by atoms with Gasteiger partial charge >= 0.3 is 0 Å². The van der Waals surface area contributed by atoms with Gasteiger partial charge in [0.05, 0.1) is 6.10 Å². The van der Waals surface area contributed by atoms with Crippen molar-refractivity contribution in [3.05, 3.63) is 71.3 Å². The molecule has 0 bridgehead atoms. The highest BCUT2D eigenvalue weighted by Gasteiger charge is 2.28. The topological polar surface area (TPSA) is 38.3 Å². The molecule has 2 aromatic carbocycles. The summed E-state index contributed by atoms with van der Waals surface area (Å²) >= 11 is 0. The summed E-state index contributed by atoms with van der Waals surface area (Å²) in [5, 5.41) is 3.21. The molecule has 0 radical (unpaired) electrons. The van der Waals surface area contributed by atoms with Gasteiger partial charge in [-0.15, -0.1) is 0 Å². The van der Waals surface area contributed by atoms with Crippen molar-refractivity contribution in [3.63, 3.8) is 0 Å². The Morgan fingerprint density at radius 2 is 1.81 bits per heavy atom. The molecule has 0 aromatic heterocycles. The first kappa shape index (κ1) is 18.2. The molecule has 3 unspecified atom stereocenters. The third-order valence-electron chi connectivity index (χ3n) is 6.06. The smallest absolute Gasteiger partial charge is 0.220 e. The summed E-state index contributed by atoms with van der Waals surface area (Å²) in [5.74, 6) is 0.889. The predicted octanol–water partition coefficient (Wildman–Crippen LogP) is 4.78. The molecule has 0 saturated carbocycles. The second-order valence-corrected chi connectivity index (χ2v) is 7.90. The molecule has 4 rings (SSSR count). The summed E-state index contributed by atoms with van der Waals surface area (Å²) in [6, 6.07) is 19.0. The van der Waals surface area contributed by atoms with Gasteiger partial charge in [-0.2, -0.15) is 0 Å². The summed E-state index contributed by atoms with van der Waals surface area (Å²) in [6.07, 6.45) is 6.31. The molecule has 3 heteroatoms. The van der Waals surface area contributed by atoms with Gasteiger partial charge in [-0.05, 0) is 54.7 Å². The maximum absolute atomic E-state index is 12.7. The first-order chi connectivity index (χ1) is 13.3. The van der Waals surface area contributed by atoms with Crippen molar-refractivity contribution >= 4 is 5.91 Å². The van der Waals surface area contributed by atoms with E-state index in [4.69, 9.17) is 4.74 Å². The SMILES string of the molecule is O=C(CC1CCCc2ccccc21)NCC1CCCOC1c1ccccc1. The van der Waals surface area contributed by atoms with Gasteiger partial charge in [-0.25, -0.2) is 0 Å². The van der Waals surface area contributed by atoms with Crippen molar-refractivity contribution < 1.29 is 9.53 Å². The van der Waals surface area contributed by atoms with E-state index < -0.39 is 0 Å². The zero-order chi connectivity index (χ0) is 18.5. The van der Waals surface area contributed by atoms with Crippen LogP contribution in [0.1, 0.15) is 60.8 Å². The van der Waals surface area contributed by atoms with Crippen molar-refractivity contribution in [2.75, 3.05) is 13.2 Å². The number of nitrogens with one attached hydrogen (secondary N) is 1. The molecule has 1 fully saturated rings. The van der Waals surface area contributed by atoms with Crippen LogP contribution in [0.5, 0.6) is 0 Å². The summed E-state index contributed by atoms with van der Waals surface area (Å²) in [4.78, 5) is 12.7. The van der Waals surface area contributed by atoms with Crippen molar-refractivity contribution in [2.45, 2.75) is 50.5 Å². The van der Waals surface area contributed by atoms with Gasteiger partial charge in [-0.3, -0.25) is 4.79 Å². The minimum absolute atomic E-state index is 0.0932. The molecule has 27 heavy (non-hydrogen) atoms. The molecule has 1 heterocycles.